The number of aliphatic carboxylic acids is 1. The second-order valence-corrected chi connectivity index (χ2v) is 8.54. The van der Waals surface area contributed by atoms with E-state index in [4.69, 9.17) is 9.47 Å². The Morgan fingerprint density at radius 1 is 1.00 bits per heavy atom. The number of carboxylic acid groups (broad SMARTS) is 1. The second kappa shape index (κ2) is 10.5. The first-order chi connectivity index (χ1) is 18.0. The summed E-state index contributed by atoms with van der Waals surface area (Å²) in [4.78, 5) is 24.9. The van der Waals surface area contributed by atoms with Crippen LogP contribution in [-0.2, 0) is 11.2 Å². The van der Waals surface area contributed by atoms with Crippen molar-refractivity contribution in [3.8, 4) is 17.2 Å². The lowest BCUT2D eigenvalue weighted by molar-refractivity contribution is -0.274. The number of methoxy groups -OCH3 is 1. The molecule has 1 N–H and O–H groups in total. The predicted molar refractivity (Wildman–Crippen MR) is 133 cm³/mol. The number of alkyl halides is 3. The highest BCUT2D eigenvalue weighted by Gasteiger charge is 2.32. The van der Waals surface area contributed by atoms with Crippen LogP contribution in [-0.4, -0.2) is 41.1 Å². The quantitative estimate of drug-likeness (QED) is 0.303. The van der Waals surface area contributed by atoms with Gasteiger partial charge in [0.1, 0.15) is 17.2 Å². The number of hydrogen-bond acceptors (Lipinski definition) is 5. The van der Waals surface area contributed by atoms with Gasteiger partial charge in [-0.1, -0.05) is 18.2 Å². The van der Waals surface area contributed by atoms with Gasteiger partial charge in [-0.25, -0.2) is 4.79 Å². The Labute approximate surface area is 216 Å². The van der Waals surface area contributed by atoms with Crippen LogP contribution < -0.4 is 14.2 Å². The van der Waals surface area contributed by atoms with Crippen LogP contribution in [0.25, 0.3) is 10.9 Å². The molecule has 0 aliphatic rings. The molecule has 1 heterocycles. The SMILES string of the molecule is COc1ccc(C(=O)n2c(C)c(Cc3ccccc3O[C@H](C)C(=O)O)c3cc(OC(F)(F)F)ccc32)cc1. The largest absolute Gasteiger partial charge is 0.573 e. The number of carbonyl (C=O) groups is 2. The van der Waals surface area contributed by atoms with Crippen molar-refractivity contribution in [3.05, 3.63) is 89.1 Å². The van der Waals surface area contributed by atoms with E-state index in [1.165, 1.54) is 30.7 Å². The van der Waals surface area contributed by atoms with E-state index in [0.717, 1.165) is 6.07 Å². The first-order valence-corrected chi connectivity index (χ1v) is 11.5. The Morgan fingerprint density at radius 2 is 1.66 bits per heavy atom. The summed E-state index contributed by atoms with van der Waals surface area (Å²) in [6.45, 7) is 3.09. The van der Waals surface area contributed by atoms with E-state index in [2.05, 4.69) is 4.74 Å². The molecule has 7 nitrogen and oxygen atoms in total. The molecule has 1 aromatic heterocycles. The molecule has 4 aromatic rings. The van der Waals surface area contributed by atoms with Crippen LogP contribution in [0, 0.1) is 6.92 Å². The number of carbonyl (C=O) groups excluding carboxylic acids is 1. The number of halogens is 3. The van der Waals surface area contributed by atoms with E-state index in [0.29, 0.717) is 44.8 Å². The van der Waals surface area contributed by atoms with Crippen molar-refractivity contribution in [2.24, 2.45) is 0 Å². The van der Waals surface area contributed by atoms with Crippen molar-refractivity contribution in [1.82, 2.24) is 4.57 Å². The van der Waals surface area contributed by atoms with E-state index in [1.54, 1.807) is 55.5 Å². The molecule has 0 bridgehead atoms. The number of para-hydroxylation sites is 1. The van der Waals surface area contributed by atoms with Crippen molar-refractivity contribution in [2.75, 3.05) is 7.11 Å². The van der Waals surface area contributed by atoms with Gasteiger partial charge in [0.05, 0.1) is 12.6 Å². The molecular formula is C28H24F3NO6. The van der Waals surface area contributed by atoms with Gasteiger partial charge >= 0.3 is 12.3 Å². The molecule has 0 unspecified atom stereocenters. The zero-order valence-corrected chi connectivity index (χ0v) is 20.7. The fourth-order valence-electron chi connectivity index (χ4n) is 4.20. The Bertz CT molecular complexity index is 1490. The van der Waals surface area contributed by atoms with Crippen LogP contribution in [0.5, 0.6) is 17.2 Å². The molecule has 4 rings (SSSR count). The predicted octanol–water partition coefficient (Wildman–Crippen LogP) is 5.99. The lowest BCUT2D eigenvalue weighted by Gasteiger charge is -2.15. The lowest BCUT2D eigenvalue weighted by Crippen LogP contribution is -2.23. The van der Waals surface area contributed by atoms with Crippen molar-refractivity contribution in [3.63, 3.8) is 0 Å². The molecule has 0 aliphatic heterocycles. The normalized spacial score (nSPS) is 12.3. The van der Waals surface area contributed by atoms with Crippen LogP contribution in [0.15, 0.2) is 66.7 Å². The van der Waals surface area contributed by atoms with Crippen molar-refractivity contribution < 1.29 is 42.1 Å². The molecule has 38 heavy (non-hydrogen) atoms. The lowest BCUT2D eigenvalue weighted by atomic mass is 10.0. The third-order valence-electron chi connectivity index (χ3n) is 6.07. The first-order valence-electron chi connectivity index (χ1n) is 11.5. The number of rotatable bonds is 8. The zero-order chi connectivity index (χ0) is 27.6. The zero-order valence-electron chi connectivity index (χ0n) is 20.7. The van der Waals surface area contributed by atoms with Crippen molar-refractivity contribution in [2.45, 2.75) is 32.7 Å². The fourth-order valence-corrected chi connectivity index (χ4v) is 4.20. The van der Waals surface area contributed by atoms with Gasteiger partial charge in [-0.15, -0.1) is 13.2 Å². The molecule has 0 amide bonds. The minimum absolute atomic E-state index is 0.156. The summed E-state index contributed by atoms with van der Waals surface area (Å²) in [6.07, 6.45) is -5.86. The monoisotopic (exact) mass is 527 g/mol. The van der Waals surface area contributed by atoms with E-state index in [9.17, 15) is 27.9 Å². The number of ether oxygens (including phenoxy) is 3. The van der Waals surface area contributed by atoms with Crippen molar-refractivity contribution >= 4 is 22.8 Å². The summed E-state index contributed by atoms with van der Waals surface area (Å²) in [7, 11) is 1.51. The average molecular weight is 527 g/mol. The van der Waals surface area contributed by atoms with E-state index in [-0.39, 0.29) is 12.3 Å². The minimum Gasteiger partial charge on any atom is -0.497 e. The van der Waals surface area contributed by atoms with E-state index in [1.807, 2.05) is 0 Å². The molecule has 0 fully saturated rings. The maximum absolute atomic E-state index is 13.6. The number of aromatic nitrogens is 1. The number of fused-ring (bicyclic) bond motifs is 1. The molecule has 10 heteroatoms. The maximum atomic E-state index is 13.6. The Hall–Kier alpha value is -4.47. The summed E-state index contributed by atoms with van der Waals surface area (Å²) in [5.74, 6) is -1.07. The van der Waals surface area contributed by atoms with Crippen LogP contribution in [0.2, 0.25) is 0 Å². The van der Waals surface area contributed by atoms with Crippen molar-refractivity contribution in [1.29, 1.82) is 0 Å². The smallest absolute Gasteiger partial charge is 0.497 e. The third kappa shape index (κ3) is 5.59. The van der Waals surface area contributed by atoms with Gasteiger partial charge < -0.3 is 19.3 Å². The van der Waals surface area contributed by atoms with E-state index < -0.39 is 24.2 Å². The summed E-state index contributed by atoms with van der Waals surface area (Å²) < 4.78 is 55.2. The van der Waals surface area contributed by atoms with Gasteiger partial charge in [0.15, 0.2) is 6.10 Å². The number of nitrogens with zero attached hydrogens (tertiary/aromatic N) is 1. The molecule has 3 aromatic carbocycles. The number of benzene rings is 3. The molecule has 1 atom stereocenters. The summed E-state index contributed by atoms with van der Waals surface area (Å²) in [5, 5.41) is 9.64. The van der Waals surface area contributed by atoms with Gasteiger partial charge in [-0.2, -0.15) is 0 Å². The summed E-state index contributed by atoms with van der Waals surface area (Å²) >= 11 is 0. The Balaban J connectivity index is 1.85. The van der Waals surface area contributed by atoms with Gasteiger partial charge in [0.25, 0.3) is 5.91 Å². The second-order valence-electron chi connectivity index (χ2n) is 8.54. The topological polar surface area (TPSA) is 87.0 Å². The highest BCUT2D eigenvalue weighted by atomic mass is 19.4. The number of carboxylic acids is 1. The first kappa shape index (κ1) is 26.6. The standard InChI is InChI=1S/C28H24F3NO6/c1-16-22(14-19-6-4-5-7-25(19)37-17(2)27(34)35)23-15-21(38-28(29,30)31)12-13-24(23)32(16)26(33)18-8-10-20(36-3)11-9-18/h4-13,15,17H,14H2,1-3H3,(H,34,35)/t17-/m1/s1. The van der Waals surface area contributed by atoms with Gasteiger partial charge in [-0.05, 0) is 73.5 Å². The Morgan fingerprint density at radius 3 is 2.29 bits per heavy atom. The summed E-state index contributed by atoms with van der Waals surface area (Å²) in [6, 6.07) is 17.1. The fraction of sp³-hybridized carbons (Fsp3) is 0.214. The molecule has 0 saturated heterocycles. The third-order valence-corrected chi connectivity index (χ3v) is 6.07. The molecule has 0 saturated carbocycles. The molecule has 198 valence electrons. The highest BCUT2D eigenvalue weighted by Crippen LogP contribution is 2.35. The molecule has 0 spiro atoms. The van der Waals surface area contributed by atoms with Gasteiger partial charge in [0.2, 0.25) is 0 Å². The maximum Gasteiger partial charge on any atom is 0.573 e. The average Bonchev–Trinajstić information content (AvgIpc) is 3.14. The highest BCUT2D eigenvalue weighted by molar-refractivity contribution is 6.04. The molecular weight excluding hydrogens is 503 g/mol. The Kier molecular flexibility index (Phi) is 7.34. The van der Waals surface area contributed by atoms with Crippen LogP contribution in [0.1, 0.15) is 34.1 Å². The van der Waals surface area contributed by atoms with Crippen LogP contribution >= 0.6 is 0 Å². The number of hydrogen-bond donors (Lipinski definition) is 1. The van der Waals surface area contributed by atoms with Gasteiger partial charge in [-0.3, -0.25) is 9.36 Å². The minimum atomic E-state index is -4.89. The van der Waals surface area contributed by atoms with E-state index >= 15 is 0 Å². The van der Waals surface area contributed by atoms with Crippen LogP contribution in [0.4, 0.5) is 13.2 Å². The van der Waals surface area contributed by atoms with Crippen LogP contribution in [0.3, 0.4) is 0 Å². The van der Waals surface area contributed by atoms with Gasteiger partial charge in [0, 0.05) is 23.1 Å². The summed E-state index contributed by atoms with van der Waals surface area (Å²) in [5.41, 5.74) is 2.42. The molecule has 0 radical (unpaired) electrons. The molecule has 0 aliphatic carbocycles.